The summed E-state index contributed by atoms with van der Waals surface area (Å²) in [5.41, 5.74) is 0. The number of nitrogens with zero attached hydrogens (tertiary/aromatic N) is 1. The van der Waals surface area contributed by atoms with E-state index >= 15 is 0 Å². The number of aliphatic imine (C=N–C) groups is 1. The van der Waals surface area contributed by atoms with Crippen LogP contribution in [0.5, 0.6) is 0 Å². The lowest BCUT2D eigenvalue weighted by atomic mass is 10.4. The Labute approximate surface area is 95.3 Å². The summed E-state index contributed by atoms with van der Waals surface area (Å²) in [5, 5.41) is 0. The Morgan fingerprint density at radius 2 is 2.25 bits per heavy atom. The van der Waals surface area contributed by atoms with E-state index in [0.29, 0.717) is 11.5 Å². The topological polar surface area (TPSA) is 68.9 Å². The maximum Gasteiger partial charge on any atom is 0.264 e. The van der Waals surface area contributed by atoms with Gasteiger partial charge in [0.05, 0.1) is 12.5 Å². The second kappa shape index (κ2) is 5.81. The van der Waals surface area contributed by atoms with Crippen molar-refractivity contribution in [2.45, 2.75) is 20.0 Å². The first kappa shape index (κ1) is 12.9. The second-order valence-electron chi connectivity index (χ2n) is 3.31. The van der Waals surface area contributed by atoms with E-state index in [1.807, 2.05) is 6.92 Å². The summed E-state index contributed by atoms with van der Waals surface area (Å²) in [6, 6.07) is 3.39. The highest BCUT2D eigenvalue weighted by Crippen LogP contribution is 2.08. The molecule has 0 radical (unpaired) electrons. The second-order valence-corrected chi connectivity index (χ2v) is 4.95. The maximum atomic E-state index is 10.7. The van der Waals surface area contributed by atoms with E-state index in [9.17, 15) is 8.42 Å². The number of hydrogen-bond acceptors (Lipinski definition) is 5. The van der Waals surface area contributed by atoms with Crippen molar-refractivity contribution in [2.24, 2.45) is 4.99 Å². The number of hydrogen-bond donors (Lipinski definition) is 0. The average Bonchev–Trinajstić information content (AvgIpc) is 2.62. The minimum absolute atomic E-state index is 0.0829. The Morgan fingerprint density at radius 3 is 2.88 bits per heavy atom. The van der Waals surface area contributed by atoms with Crippen molar-refractivity contribution in [3.63, 3.8) is 0 Å². The standard InChI is InChI=1S/C10H15NO4S/c1-3-6-11-7-9-4-5-10(15-9)8-14-16(2,12)13/h4-5,7H,3,6,8H2,1-2H3/b11-7-. The van der Waals surface area contributed by atoms with Gasteiger partial charge in [-0.25, -0.2) is 0 Å². The highest BCUT2D eigenvalue weighted by molar-refractivity contribution is 7.85. The quantitative estimate of drug-likeness (QED) is 0.563. The molecular weight excluding hydrogens is 230 g/mol. The molecular formula is C10H15NO4S. The molecule has 0 saturated heterocycles. The molecule has 1 aromatic rings. The van der Waals surface area contributed by atoms with Crippen LogP contribution in [-0.2, 0) is 20.9 Å². The van der Waals surface area contributed by atoms with E-state index in [1.165, 1.54) is 0 Å². The predicted molar refractivity (Wildman–Crippen MR) is 61.1 cm³/mol. The molecule has 0 aliphatic heterocycles. The SMILES string of the molecule is CCC/N=C\c1ccc(COS(C)(=O)=O)o1. The largest absolute Gasteiger partial charge is 0.458 e. The monoisotopic (exact) mass is 245 g/mol. The Balaban J connectivity index is 2.52. The van der Waals surface area contributed by atoms with Gasteiger partial charge in [0.25, 0.3) is 10.1 Å². The Hall–Kier alpha value is -1.14. The fourth-order valence-corrected chi connectivity index (χ4v) is 1.32. The summed E-state index contributed by atoms with van der Waals surface area (Å²) in [6.45, 7) is 2.70. The van der Waals surface area contributed by atoms with Crippen molar-refractivity contribution >= 4 is 16.3 Å². The van der Waals surface area contributed by atoms with Crippen LogP contribution in [0.1, 0.15) is 24.9 Å². The molecule has 1 aromatic heterocycles. The van der Waals surface area contributed by atoms with E-state index in [0.717, 1.165) is 19.2 Å². The van der Waals surface area contributed by atoms with Crippen LogP contribution in [0.2, 0.25) is 0 Å². The predicted octanol–water partition coefficient (Wildman–Crippen LogP) is 1.58. The van der Waals surface area contributed by atoms with Crippen LogP contribution in [0.15, 0.2) is 21.5 Å². The molecule has 6 heteroatoms. The minimum Gasteiger partial charge on any atom is -0.458 e. The zero-order chi connectivity index (χ0) is 12.0. The Kier molecular flexibility index (Phi) is 4.70. The minimum atomic E-state index is -3.43. The molecule has 0 saturated carbocycles. The molecule has 0 aliphatic carbocycles. The zero-order valence-corrected chi connectivity index (χ0v) is 10.2. The molecule has 16 heavy (non-hydrogen) atoms. The van der Waals surface area contributed by atoms with Gasteiger partial charge < -0.3 is 4.42 Å². The highest BCUT2D eigenvalue weighted by atomic mass is 32.2. The van der Waals surface area contributed by atoms with Crippen LogP contribution in [0.4, 0.5) is 0 Å². The van der Waals surface area contributed by atoms with E-state index in [2.05, 4.69) is 9.18 Å². The summed E-state index contributed by atoms with van der Waals surface area (Å²) in [7, 11) is -3.43. The molecule has 0 atom stereocenters. The first-order valence-electron chi connectivity index (χ1n) is 4.94. The van der Waals surface area contributed by atoms with Crippen molar-refractivity contribution in [3.05, 3.63) is 23.7 Å². The average molecular weight is 245 g/mol. The Morgan fingerprint density at radius 1 is 1.50 bits per heavy atom. The summed E-state index contributed by atoms with van der Waals surface area (Å²) in [6.07, 6.45) is 3.59. The van der Waals surface area contributed by atoms with Gasteiger partial charge in [0.1, 0.15) is 18.1 Å². The lowest BCUT2D eigenvalue weighted by Gasteiger charge is -1.96. The van der Waals surface area contributed by atoms with Gasteiger partial charge in [0.15, 0.2) is 0 Å². The van der Waals surface area contributed by atoms with Gasteiger partial charge in [-0.15, -0.1) is 0 Å². The highest BCUT2D eigenvalue weighted by Gasteiger charge is 2.05. The van der Waals surface area contributed by atoms with Gasteiger partial charge >= 0.3 is 0 Å². The third kappa shape index (κ3) is 5.09. The van der Waals surface area contributed by atoms with Crippen LogP contribution < -0.4 is 0 Å². The van der Waals surface area contributed by atoms with Gasteiger partial charge in [0, 0.05) is 6.54 Å². The van der Waals surface area contributed by atoms with E-state index in [1.54, 1.807) is 18.3 Å². The molecule has 0 aromatic carbocycles. The molecule has 0 fully saturated rings. The first-order chi connectivity index (χ1) is 7.51. The normalized spacial score (nSPS) is 12.4. The van der Waals surface area contributed by atoms with Gasteiger partial charge in [-0.2, -0.15) is 8.42 Å². The molecule has 0 unspecified atom stereocenters. The van der Waals surface area contributed by atoms with Crippen molar-refractivity contribution < 1.29 is 17.0 Å². The van der Waals surface area contributed by atoms with Crippen LogP contribution in [0.3, 0.4) is 0 Å². The third-order valence-electron chi connectivity index (χ3n) is 1.67. The van der Waals surface area contributed by atoms with E-state index in [-0.39, 0.29) is 6.61 Å². The summed E-state index contributed by atoms with van der Waals surface area (Å²) in [5.74, 6) is 1.06. The lowest BCUT2D eigenvalue weighted by Crippen LogP contribution is -2.01. The molecule has 0 spiro atoms. The molecule has 1 rings (SSSR count). The zero-order valence-electron chi connectivity index (χ0n) is 9.34. The molecule has 0 aliphatic rings. The number of rotatable bonds is 6. The molecule has 0 amide bonds. The molecule has 1 heterocycles. The van der Waals surface area contributed by atoms with Crippen LogP contribution in [0, 0.1) is 0 Å². The molecule has 90 valence electrons. The van der Waals surface area contributed by atoms with Gasteiger partial charge in [-0.05, 0) is 18.6 Å². The van der Waals surface area contributed by atoms with E-state index in [4.69, 9.17) is 4.42 Å². The lowest BCUT2D eigenvalue weighted by molar-refractivity contribution is 0.276. The van der Waals surface area contributed by atoms with Gasteiger partial charge in [-0.1, -0.05) is 6.92 Å². The first-order valence-corrected chi connectivity index (χ1v) is 6.76. The smallest absolute Gasteiger partial charge is 0.264 e. The third-order valence-corrected chi connectivity index (χ3v) is 2.21. The molecule has 0 bridgehead atoms. The van der Waals surface area contributed by atoms with Crippen molar-refractivity contribution in [2.75, 3.05) is 12.8 Å². The van der Waals surface area contributed by atoms with Crippen LogP contribution >= 0.6 is 0 Å². The van der Waals surface area contributed by atoms with Crippen molar-refractivity contribution in [3.8, 4) is 0 Å². The maximum absolute atomic E-state index is 10.7. The molecule has 5 nitrogen and oxygen atoms in total. The fourth-order valence-electron chi connectivity index (χ4n) is 0.990. The van der Waals surface area contributed by atoms with Crippen molar-refractivity contribution in [1.29, 1.82) is 0 Å². The summed E-state index contributed by atoms with van der Waals surface area (Å²) < 4.78 is 31.3. The van der Waals surface area contributed by atoms with E-state index < -0.39 is 10.1 Å². The summed E-state index contributed by atoms with van der Waals surface area (Å²) >= 11 is 0. The molecule has 0 N–H and O–H groups in total. The summed E-state index contributed by atoms with van der Waals surface area (Å²) in [4.78, 5) is 4.10. The Bertz CT molecular complexity index is 447. The van der Waals surface area contributed by atoms with Crippen LogP contribution in [-0.4, -0.2) is 27.4 Å². The van der Waals surface area contributed by atoms with Gasteiger partial charge in [0.2, 0.25) is 0 Å². The van der Waals surface area contributed by atoms with Crippen molar-refractivity contribution in [1.82, 2.24) is 0 Å². The van der Waals surface area contributed by atoms with Crippen LogP contribution in [0.25, 0.3) is 0 Å². The fraction of sp³-hybridized carbons (Fsp3) is 0.500. The van der Waals surface area contributed by atoms with Gasteiger partial charge in [-0.3, -0.25) is 9.18 Å². The number of furan rings is 1.